The largest absolute Gasteiger partial charge is 0.508 e. The Kier molecular flexibility index (Phi) is 2.95. The lowest BCUT2D eigenvalue weighted by Gasteiger charge is -2.26. The number of hydrogen-bond acceptors (Lipinski definition) is 5. The molecular formula is C16H19N3O2. The van der Waals surface area contributed by atoms with Gasteiger partial charge in [-0.25, -0.2) is 0 Å². The van der Waals surface area contributed by atoms with Crippen molar-refractivity contribution in [1.29, 1.82) is 0 Å². The van der Waals surface area contributed by atoms with E-state index < -0.39 is 0 Å². The van der Waals surface area contributed by atoms with Gasteiger partial charge in [0.2, 0.25) is 0 Å². The number of nitrogens with one attached hydrogen (secondary N) is 2. The fourth-order valence-corrected chi connectivity index (χ4v) is 2.49. The van der Waals surface area contributed by atoms with Crippen molar-refractivity contribution in [2.45, 2.75) is 26.2 Å². The van der Waals surface area contributed by atoms with Crippen LogP contribution < -0.4 is 16.0 Å². The molecule has 21 heavy (non-hydrogen) atoms. The summed E-state index contributed by atoms with van der Waals surface area (Å²) in [6.45, 7) is 5.98. The van der Waals surface area contributed by atoms with Crippen LogP contribution in [0, 0.1) is 0 Å². The number of hydrazine groups is 2. The lowest BCUT2D eigenvalue weighted by Crippen LogP contribution is -2.31. The van der Waals surface area contributed by atoms with Crippen molar-refractivity contribution in [2.75, 3.05) is 10.4 Å². The first kappa shape index (κ1) is 13.6. The Morgan fingerprint density at radius 1 is 1.00 bits per heavy atom. The molecule has 1 aliphatic rings. The number of hydrogen-bond donors (Lipinski definition) is 4. The molecule has 0 saturated heterocycles. The summed E-state index contributed by atoms with van der Waals surface area (Å²) >= 11 is 0. The first-order valence-electron chi connectivity index (χ1n) is 6.85. The van der Waals surface area contributed by atoms with Crippen LogP contribution in [-0.4, -0.2) is 10.2 Å². The molecule has 0 bridgehead atoms. The minimum Gasteiger partial charge on any atom is -0.508 e. The number of phenolic OH excluding ortho intramolecular Hbond substituents is 2. The molecule has 2 aromatic carbocycles. The molecule has 2 aromatic rings. The van der Waals surface area contributed by atoms with Gasteiger partial charge in [0, 0.05) is 11.6 Å². The van der Waals surface area contributed by atoms with E-state index in [4.69, 9.17) is 0 Å². The van der Waals surface area contributed by atoms with Gasteiger partial charge in [-0.3, -0.25) is 5.01 Å². The molecule has 0 aromatic heterocycles. The monoisotopic (exact) mass is 285 g/mol. The molecule has 0 saturated carbocycles. The van der Waals surface area contributed by atoms with E-state index in [1.165, 1.54) is 0 Å². The van der Waals surface area contributed by atoms with Gasteiger partial charge in [-0.15, -0.1) is 5.53 Å². The molecule has 0 radical (unpaired) electrons. The van der Waals surface area contributed by atoms with Crippen molar-refractivity contribution in [3.05, 3.63) is 42.0 Å². The molecule has 0 unspecified atom stereocenters. The van der Waals surface area contributed by atoms with Gasteiger partial charge in [0.25, 0.3) is 0 Å². The smallest absolute Gasteiger partial charge is 0.144 e. The Labute approximate surface area is 123 Å². The highest BCUT2D eigenvalue weighted by atomic mass is 16.3. The third-order valence-electron chi connectivity index (χ3n) is 3.57. The van der Waals surface area contributed by atoms with Gasteiger partial charge in [0.1, 0.15) is 17.2 Å². The normalized spacial score (nSPS) is 14.0. The quantitative estimate of drug-likeness (QED) is 0.605. The maximum Gasteiger partial charge on any atom is 0.144 e. The zero-order valence-corrected chi connectivity index (χ0v) is 12.3. The van der Waals surface area contributed by atoms with Gasteiger partial charge in [-0.2, -0.15) is 0 Å². The van der Waals surface area contributed by atoms with Crippen molar-refractivity contribution in [2.24, 2.45) is 0 Å². The molecule has 0 aliphatic carbocycles. The average molecular weight is 285 g/mol. The van der Waals surface area contributed by atoms with Crippen molar-refractivity contribution in [3.8, 4) is 11.5 Å². The van der Waals surface area contributed by atoms with E-state index in [1.54, 1.807) is 17.1 Å². The second-order valence-electron chi connectivity index (χ2n) is 6.20. The molecule has 3 rings (SSSR count). The summed E-state index contributed by atoms with van der Waals surface area (Å²) in [5.74, 6) is 0.283. The highest BCUT2D eigenvalue weighted by Gasteiger charge is 2.27. The van der Waals surface area contributed by atoms with Crippen molar-refractivity contribution in [3.63, 3.8) is 0 Å². The molecule has 4 N–H and O–H groups in total. The van der Waals surface area contributed by atoms with E-state index in [2.05, 4.69) is 11.0 Å². The Balaban J connectivity index is 2.15. The molecule has 1 heterocycles. The van der Waals surface area contributed by atoms with E-state index in [9.17, 15) is 10.2 Å². The summed E-state index contributed by atoms with van der Waals surface area (Å²) in [5.41, 5.74) is 8.77. The minimum absolute atomic E-state index is 0.124. The number of anilines is 3. The van der Waals surface area contributed by atoms with Crippen LogP contribution in [0.15, 0.2) is 36.4 Å². The van der Waals surface area contributed by atoms with Crippen molar-refractivity contribution >= 4 is 17.1 Å². The maximum absolute atomic E-state index is 10.6. The summed E-state index contributed by atoms with van der Waals surface area (Å²) in [5, 5.41) is 22.3. The number of phenols is 2. The summed E-state index contributed by atoms with van der Waals surface area (Å²) in [6, 6.07) is 10.9. The van der Waals surface area contributed by atoms with Gasteiger partial charge < -0.3 is 15.6 Å². The molecule has 0 spiro atoms. The molecule has 5 nitrogen and oxygen atoms in total. The Hall–Kier alpha value is -2.40. The maximum atomic E-state index is 10.6. The number of fused-ring (bicyclic) bond motifs is 1. The molecule has 0 amide bonds. The van der Waals surface area contributed by atoms with Gasteiger partial charge >= 0.3 is 0 Å². The van der Waals surface area contributed by atoms with Gasteiger partial charge in [-0.05, 0) is 23.6 Å². The van der Waals surface area contributed by atoms with Crippen LogP contribution in [0.25, 0.3) is 0 Å². The first-order valence-corrected chi connectivity index (χ1v) is 6.85. The summed E-state index contributed by atoms with van der Waals surface area (Å²) in [7, 11) is 0. The predicted octanol–water partition coefficient (Wildman–Crippen LogP) is 3.38. The Morgan fingerprint density at radius 3 is 2.43 bits per heavy atom. The van der Waals surface area contributed by atoms with Crippen molar-refractivity contribution in [1.82, 2.24) is 5.53 Å². The van der Waals surface area contributed by atoms with Crippen LogP contribution in [0.4, 0.5) is 17.1 Å². The van der Waals surface area contributed by atoms with Crippen LogP contribution in [0.1, 0.15) is 26.3 Å². The average Bonchev–Trinajstić information content (AvgIpc) is 2.83. The fraction of sp³-hybridized carbons (Fsp3) is 0.250. The number of benzene rings is 2. The number of nitrogens with zero attached hydrogens (tertiary/aromatic N) is 1. The SMILES string of the molecule is CC(C)(C)c1cc(O)cc(N2NNc3ccccc32)c1O. The molecular weight excluding hydrogens is 266 g/mol. The number of rotatable bonds is 1. The zero-order valence-electron chi connectivity index (χ0n) is 12.3. The third-order valence-corrected chi connectivity index (χ3v) is 3.57. The molecule has 0 atom stereocenters. The third kappa shape index (κ3) is 2.25. The van der Waals surface area contributed by atoms with Crippen LogP contribution in [0.5, 0.6) is 11.5 Å². The topological polar surface area (TPSA) is 67.8 Å². The lowest BCUT2D eigenvalue weighted by atomic mass is 9.85. The van der Waals surface area contributed by atoms with E-state index in [0.29, 0.717) is 11.3 Å². The molecule has 0 fully saturated rings. The number of para-hydroxylation sites is 2. The Bertz CT molecular complexity index is 692. The van der Waals surface area contributed by atoms with Crippen LogP contribution in [0.3, 0.4) is 0 Å². The molecule has 5 heteroatoms. The van der Waals surface area contributed by atoms with Crippen LogP contribution in [0.2, 0.25) is 0 Å². The summed E-state index contributed by atoms with van der Waals surface area (Å²) in [4.78, 5) is 0. The fourth-order valence-electron chi connectivity index (χ4n) is 2.49. The van der Waals surface area contributed by atoms with E-state index >= 15 is 0 Å². The number of aromatic hydroxyl groups is 2. The highest BCUT2D eigenvalue weighted by molar-refractivity contribution is 5.82. The molecule has 1 aliphatic heterocycles. The molecule has 110 valence electrons. The van der Waals surface area contributed by atoms with Gasteiger partial charge in [0.05, 0.1) is 11.4 Å². The Morgan fingerprint density at radius 2 is 1.71 bits per heavy atom. The highest BCUT2D eigenvalue weighted by Crippen LogP contribution is 2.44. The summed E-state index contributed by atoms with van der Waals surface area (Å²) < 4.78 is 0. The van der Waals surface area contributed by atoms with Crippen molar-refractivity contribution < 1.29 is 10.2 Å². The second-order valence-corrected chi connectivity index (χ2v) is 6.20. The van der Waals surface area contributed by atoms with Crippen LogP contribution in [-0.2, 0) is 5.41 Å². The predicted molar refractivity (Wildman–Crippen MR) is 83.8 cm³/mol. The standard InChI is InChI=1S/C16H19N3O2/c1-16(2,3)11-8-10(20)9-14(15(11)21)19-13-7-5-4-6-12(13)17-18-19/h4-9,17-18,20-21H,1-3H3. The zero-order chi connectivity index (χ0) is 15.2. The van der Waals surface area contributed by atoms with Gasteiger partial charge in [-0.1, -0.05) is 32.9 Å². The minimum atomic E-state index is -0.274. The summed E-state index contributed by atoms with van der Waals surface area (Å²) in [6.07, 6.45) is 0. The van der Waals surface area contributed by atoms with E-state index in [0.717, 1.165) is 11.4 Å². The first-order chi connectivity index (χ1) is 9.88. The van der Waals surface area contributed by atoms with Gasteiger partial charge in [0.15, 0.2) is 0 Å². The van der Waals surface area contributed by atoms with E-state index in [-0.39, 0.29) is 16.9 Å². The lowest BCUT2D eigenvalue weighted by molar-refractivity contribution is 0.435. The van der Waals surface area contributed by atoms with E-state index in [1.807, 2.05) is 45.0 Å². The van der Waals surface area contributed by atoms with Crippen LogP contribution >= 0.6 is 0 Å². The second kappa shape index (κ2) is 4.56.